The van der Waals surface area contributed by atoms with Crippen LogP contribution in [-0.4, -0.2) is 31.8 Å². The fourth-order valence-electron chi connectivity index (χ4n) is 1.34. The topological polar surface area (TPSA) is 111 Å². The van der Waals surface area contributed by atoms with E-state index in [0.717, 1.165) is 0 Å². The number of aryl methyl sites for hydroxylation is 1. The van der Waals surface area contributed by atoms with E-state index in [-0.39, 0.29) is 5.89 Å². The summed E-state index contributed by atoms with van der Waals surface area (Å²) in [5.74, 6) is 1.11. The lowest BCUT2D eigenvalue weighted by Crippen LogP contribution is -2.06. The molecule has 0 unspecified atom stereocenters. The maximum atomic E-state index is 9.63. The molecule has 7 heteroatoms. The van der Waals surface area contributed by atoms with E-state index >= 15 is 0 Å². The van der Waals surface area contributed by atoms with Gasteiger partial charge in [-0.1, -0.05) is 5.16 Å². The van der Waals surface area contributed by atoms with Crippen LogP contribution in [0.1, 0.15) is 24.2 Å². The minimum Gasteiger partial charge on any atom is -0.383 e. The van der Waals surface area contributed by atoms with Gasteiger partial charge in [0.05, 0.1) is 0 Å². The second kappa shape index (κ2) is 4.98. The van der Waals surface area contributed by atoms with Crippen LogP contribution in [-0.2, 0) is 0 Å². The number of nitrogens with two attached hydrogens (primary N) is 1. The molecule has 0 radical (unpaired) electrons. The van der Waals surface area contributed by atoms with E-state index in [4.69, 9.17) is 10.3 Å². The van der Waals surface area contributed by atoms with Gasteiger partial charge in [0, 0.05) is 6.20 Å². The molecule has 7 nitrogen and oxygen atoms in total. The first kappa shape index (κ1) is 11.6. The van der Waals surface area contributed by atoms with Gasteiger partial charge in [-0.05, 0) is 26.0 Å². The molecule has 0 fully saturated rings. The van der Waals surface area contributed by atoms with Crippen LogP contribution in [0.4, 0.5) is 0 Å². The molecule has 0 aliphatic heterocycles. The van der Waals surface area contributed by atoms with Gasteiger partial charge in [-0.15, -0.1) is 0 Å². The maximum absolute atomic E-state index is 9.63. The molecule has 0 bridgehead atoms. The second-order valence-corrected chi connectivity index (χ2v) is 3.54. The first-order chi connectivity index (χ1) is 8.20. The molecule has 0 aliphatic rings. The monoisotopic (exact) mass is 235 g/mol. The lowest BCUT2D eigenvalue weighted by molar-refractivity contribution is 0.127. The van der Waals surface area contributed by atoms with E-state index in [2.05, 4.69) is 20.1 Å². The Morgan fingerprint density at radius 1 is 1.47 bits per heavy atom. The molecule has 0 aliphatic carbocycles. The summed E-state index contributed by atoms with van der Waals surface area (Å²) >= 11 is 0. The maximum Gasteiger partial charge on any atom is 0.255 e. The van der Waals surface area contributed by atoms with Gasteiger partial charge in [-0.25, -0.2) is 9.97 Å². The van der Waals surface area contributed by atoms with Crippen molar-refractivity contribution in [3.05, 3.63) is 24.0 Å². The highest BCUT2D eigenvalue weighted by molar-refractivity contribution is 5.46. The van der Waals surface area contributed by atoms with Gasteiger partial charge in [-0.2, -0.15) is 4.98 Å². The smallest absolute Gasteiger partial charge is 0.255 e. The van der Waals surface area contributed by atoms with E-state index < -0.39 is 6.10 Å². The standard InChI is InChI=1S/C10H13N5O2/c1-6-12-5-3-7(13-6)9-14-10(17-15-9)8(16)2-4-11/h3,5,8,16H,2,4,11H2,1H3/t8-/m0/s1. The van der Waals surface area contributed by atoms with E-state index in [1.54, 1.807) is 19.2 Å². The molecule has 2 aromatic rings. The Labute approximate surface area is 97.7 Å². The molecule has 2 aromatic heterocycles. The summed E-state index contributed by atoms with van der Waals surface area (Å²) in [4.78, 5) is 12.2. The number of aliphatic hydroxyl groups excluding tert-OH is 1. The Kier molecular flexibility index (Phi) is 3.40. The lowest BCUT2D eigenvalue weighted by Gasteiger charge is -2.00. The summed E-state index contributed by atoms with van der Waals surface area (Å²) in [5, 5.41) is 13.4. The number of aromatic nitrogens is 4. The molecular weight excluding hydrogens is 222 g/mol. The average molecular weight is 235 g/mol. The molecule has 0 spiro atoms. The molecule has 90 valence electrons. The summed E-state index contributed by atoms with van der Waals surface area (Å²) in [6, 6.07) is 1.68. The van der Waals surface area contributed by atoms with Crippen LogP contribution >= 0.6 is 0 Å². The number of hydrogen-bond acceptors (Lipinski definition) is 7. The van der Waals surface area contributed by atoms with Crippen molar-refractivity contribution < 1.29 is 9.63 Å². The normalized spacial score (nSPS) is 12.6. The van der Waals surface area contributed by atoms with Crippen LogP contribution < -0.4 is 5.73 Å². The van der Waals surface area contributed by atoms with Crippen molar-refractivity contribution in [3.63, 3.8) is 0 Å². The molecule has 17 heavy (non-hydrogen) atoms. The fraction of sp³-hybridized carbons (Fsp3) is 0.400. The first-order valence-corrected chi connectivity index (χ1v) is 5.22. The van der Waals surface area contributed by atoms with Gasteiger partial charge < -0.3 is 15.4 Å². The van der Waals surface area contributed by atoms with E-state index in [1.807, 2.05) is 0 Å². The van der Waals surface area contributed by atoms with Crippen molar-refractivity contribution in [2.24, 2.45) is 5.73 Å². The Balaban J connectivity index is 2.23. The summed E-state index contributed by atoms with van der Waals surface area (Å²) in [5.41, 5.74) is 5.90. The fourth-order valence-corrected chi connectivity index (χ4v) is 1.34. The highest BCUT2D eigenvalue weighted by atomic mass is 16.5. The van der Waals surface area contributed by atoms with Crippen LogP contribution in [0.25, 0.3) is 11.5 Å². The number of aliphatic hydroxyl groups is 1. The molecule has 0 saturated heterocycles. The Morgan fingerprint density at radius 2 is 2.29 bits per heavy atom. The van der Waals surface area contributed by atoms with Crippen LogP contribution in [0, 0.1) is 6.92 Å². The van der Waals surface area contributed by atoms with Crippen molar-refractivity contribution in [1.29, 1.82) is 0 Å². The predicted molar refractivity (Wildman–Crippen MR) is 58.7 cm³/mol. The third-order valence-electron chi connectivity index (χ3n) is 2.17. The van der Waals surface area contributed by atoms with Crippen molar-refractivity contribution >= 4 is 0 Å². The number of hydrogen-bond donors (Lipinski definition) is 2. The second-order valence-electron chi connectivity index (χ2n) is 3.54. The molecular formula is C10H13N5O2. The SMILES string of the molecule is Cc1nccc(-c2noc([C@@H](O)CCN)n2)n1. The third-order valence-corrected chi connectivity index (χ3v) is 2.17. The van der Waals surface area contributed by atoms with Gasteiger partial charge in [0.25, 0.3) is 5.89 Å². The quantitative estimate of drug-likeness (QED) is 0.779. The minimum absolute atomic E-state index is 0.154. The lowest BCUT2D eigenvalue weighted by atomic mass is 10.2. The number of nitrogens with zero attached hydrogens (tertiary/aromatic N) is 4. The Morgan fingerprint density at radius 3 is 3.00 bits per heavy atom. The molecule has 1 atom stereocenters. The third kappa shape index (κ3) is 2.63. The van der Waals surface area contributed by atoms with Crippen molar-refractivity contribution in [2.75, 3.05) is 6.54 Å². The van der Waals surface area contributed by atoms with Crippen molar-refractivity contribution in [1.82, 2.24) is 20.1 Å². The Hall–Kier alpha value is -1.86. The van der Waals surface area contributed by atoms with E-state index in [9.17, 15) is 5.11 Å². The van der Waals surface area contributed by atoms with Gasteiger partial charge >= 0.3 is 0 Å². The number of rotatable bonds is 4. The zero-order valence-corrected chi connectivity index (χ0v) is 9.37. The zero-order chi connectivity index (χ0) is 12.3. The molecule has 0 amide bonds. The summed E-state index contributed by atoms with van der Waals surface area (Å²) in [7, 11) is 0. The summed E-state index contributed by atoms with van der Waals surface area (Å²) in [6.45, 7) is 2.12. The average Bonchev–Trinajstić information content (AvgIpc) is 2.78. The van der Waals surface area contributed by atoms with Crippen LogP contribution in [0.2, 0.25) is 0 Å². The highest BCUT2D eigenvalue weighted by Crippen LogP contribution is 2.18. The van der Waals surface area contributed by atoms with E-state index in [1.165, 1.54) is 0 Å². The molecule has 2 heterocycles. The molecule has 0 saturated carbocycles. The largest absolute Gasteiger partial charge is 0.383 e. The summed E-state index contributed by atoms with van der Waals surface area (Å²) < 4.78 is 4.95. The predicted octanol–water partition coefficient (Wildman–Crippen LogP) is 0.217. The zero-order valence-electron chi connectivity index (χ0n) is 9.37. The minimum atomic E-state index is -0.829. The van der Waals surface area contributed by atoms with Gasteiger partial charge in [0.1, 0.15) is 17.6 Å². The van der Waals surface area contributed by atoms with E-state index in [0.29, 0.717) is 30.3 Å². The van der Waals surface area contributed by atoms with Crippen molar-refractivity contribution in [2.45, 2.75) is 19.4 Å². The summed E-state index contributed by atoms with van der Waals surface area (Å²) in [6.07, 6.45) is 1.17. The van der Waals surface area contributed by atoms with Crippen molar-refractivity contribution in [3.8, 4) is 11.5 Å². The van der Waals surface area contributed by atoms with Gasteiger partial charge in [0.2, 0.25) is 5.82 Å². The highest BCUT2D eigenvalue weighted by Gasteiger charge is 2.16. The van der Waals surface area contributed by atoms with Crippen LogP contribution in [0.3, 0.4) is 0 Å². The Bertz CT molecular complexity index is 499. The molecule has 2 rings (SSSR count). The van der Waals surface area contributed by atoms with Gasteiger partial charge in [0.15, 0.2) is 0 Å². The van der Waals surface area contributed by atoms with Gasteiger partial charge in [-0.3, -0.25) is 0 Å². The van der Waals surface area contributed by atoms with Crippen LogP contribution in [0.15, 0.2) is 16.8 Å². The van der Waals surface area contributed by atoms with Crippen LogP contribution in [0.5, 0.6) is 0 Å². The molecule has 3 N–H and O–H groups in total. The first-order valence-electron chi connectivity index (χ1n) is 5.22. The molecule has 0 aromatic carbocycles.